The fraction of sp³-hybridized carbons (Fsp3) is 0.818. The Balaban J connectivity index is 2.33. The number of fused-ring (bicyclic) bond motifs is 2. The lowest BCUT2D eigenvalue weighted by molar-refractivity contribution is -0.144. The first-order chi connectivity index (χ1) is 6.54. The SMILES string of the molecule is CC(=O)N1C2CCC1C(C)C(=O)C2C. The largest absolute Gasteiger partial charge is 0.336 e. The molecule has 4 atom stereocenters. The molecule has 2 rings (SSSR count). The zero-order valence-electron chi connectivity index (χ0n) is 8.99. The third kappa shape index (κ3) is 1.11. The number of hydrogen-bond donors (Lipinski definition) is 0. The highest BCUT2D eigenvalue weighted by Crippen LogP contribution is 2.40. The maximum absolute atomic E-state index is 11.8. The average Bonchev–Trinajstić information content (AvgIpc) is 2.53. The molecular formula is C11H17NO2. The molecule has 2 fully saturated rings. The number of hydrogen-bond acceptors (Lipinski definition) is 2. The van der Waals surface area contributed by atoms with Gasteiger partial charge in [0.1, 0.15) is 5.78 Å². The van der Waals surface area contributed by atoms with Gasteiger partial charge in [-0.05, 0) is 12.8 Å². The van der Waals surface area contributed by atoms with Crippen LogP contribution in [-0.4, -0.2) is 28.7 Å². The molecule has 3 heteroatoms. The van der Waals surface area contributed by atoms with Crippen LogP contribution in [0.3, 0.4) is 0 Å². The molecule has 2 heterocycles. The molecule has 0 saturated carbocycles. The van der Waals surface area contributed by atoms with E-state index < -0.39 is 0 Å². The van der Waals surface area contributed by atoms with Gasteiger partial charge < -0.3 is 4.90 Å². The predicted octanol–water partition coefficient (Wildman–Crippen LogP) is 1.22. The van der Waals surface area contributed by atoms with E-state index in [4.69, 9.17) is 0 Å². The number of Topliss-reactive ketones (excluding diaryl/α,β-unsaturated/α-hetero) is 1. The average molecular weight is 195 g/mol. The van der Waals surface area contributed by atoms with Crippen LogP contribution in [0.15, 0.2) is 0 Å². The summed E-state index contributed by atoms with van der Waals surface area (Å²) in [7, 11) is 0. The Morgan fingerprint density at radius 3 is 2.00 bits per heavy atom. The van der Waals surface area contributed by atoms with Crippen LogP contribution in [0.1, 0.15) is 33.6 Å². The van der Waals surface area contributed by atoms with E-state index in [0.29, 0.717) is 5.78 Å². The second-order valence-corrected chi connectivity index (χ2v) is 4.62. The molecule has 0 radical (unpaired) electrons. The summed E-state index contributed by atoms with van der Waals surface area (Å²) in [4.78, 5) is 25.2. The highest BCUT2D eigenvalue weighted by atomic mass is 16.2. The number of rotatable bonds is 0. The van der Waals surface area contributed by atoms with Crippen molar-refractivity contribution in [2.24, 2.45) is 11.8 Å². The van der Waals surface area contributed by atoms with Crippen LogP contribution in [0.25, 0.3) is 0 Å². The Labute approximate surface area is 84.5 Å². The van der Waals surface area contributed by atoms with Gasteiger partial charge in [0.25, 0.3) is 0 Å². The first-order valence-electron chi connectivity index (χ1n) is 5.36. The molecule has 78 valence electrons. The van der Waals surface area contributed by atoms with Gasteiger partial charge in [0.2, 0.25) is 5.91 Å². The van der Waals surface area contributed by atoms with Gasteiger partial charge in [0, 0.05) is 30.8 Å². The number of carbonyl (C=O) groups excluding carboxylic acids is 2. The van der Waals surface area contributed by atoms with E-state index in [-0.39, 0.29) is 29.8 Å². The van der Waals surface area contributed by atoms with Crippen molar-refractivity contribution < 1.29 is 9.59 Å². The molecule has 1 amide bonds. The van der Waals surface area contributed by atoms with Gasteiger partial charge in [-0.15, -0.1) is 0 Å². The highest BCUT2D eigenvalue weighted by molar-refractivity contribution is 5.88. The van der Waals surface area contributed by atoms with Crippen molar-refractivity contribution in [1.82, 2.24) is 4.90 Å². The smallest absolute Gasteiger partial charge is 0.219 e. The normalized spacial score (nSPS) is 41.6. The Bertz CT molecular complexity index is 267. The molecule has 4 unspecified atom stereocenters. The van der Waals surface area contributed by atoms with Crippen molar-refractivity contribution in [1.29, 1.82) is 0 Å². The van der Waals surface area contributed by atoms with Crippen LogP contribution < -0.4 is 0 Å². The Morgan fingerprint density at radius 1 is 1.21 bits per heavy atom. The van der Waals surface area contributed by atoms with Crippen LogP contribution in [-0.2, 0) is 9.59 Å². The Morgan fingerprint density at radius 2 is 1.64 bits per heavy atom. The molecule has 2 saturated heterocycles. The van der Waals surface area contributed by atoms with E-state index in [1.165, 1.54) is 0 Å². The van der Waals surface area contributed by atoms with Crippen molar-refractivity contribution in [3.05, 3.63) is 0 Å². The maximum atomic E-state index is 11.8. The molecule has 0 aromatic rings. The van der Waals surface area contributed by atoms with Crippen LogP contribution in [0.5, 0.6) is 0 Å². The zero-order chi connectivity index (χ0) is 10.5. The Hall–Kier alpha value is -0.860. The summed E-state index contributed by atoms with van der Waals surface area (Å²) in [5.74, 6) is 0.541. The standard InChI is InChI=1S/C11H17NO2/c1-6-9-4-5-10(7(2)11(6)14)12(9)8(3)13/h6-7,9-10H,4-5H2,1-3H3. The molecule has 2 aliphatic rings. The number of carbonyl (C=O) groups is 2. The molecule has 0 spiro atoms. The zero-order valence-corrected chi connectivity index (χ0v) is 8.99. The van der Waals surface area contributed by atoms with Gasteiger partial charge in [-0.2, -0.15) is 0 Å². The summed E-state index contributed by atoms with van der Waals surface area (Å²) in [6, 6.07) is 0.363. The lowest BCUT2D eigenvalue weighted by Gasteiger charge is -2.40. The van der Waals surface area contributed by atoms with Crippen molar-refractivity contribution in [2.45, 2.75) is 45.7 Å². The van der Waals surface area contributed by atoms with Crippen molar-refractivity contribution in [2.75, 3.05) is 0 Å². The maximum Gasteiger partial charge on any atom is 0.219 e. The fourth-order valence-corrected chi connectivity index (χ4v) is 3.11. The summed E-state index contributed by atoms with van der Waals surface area (Å²) < 4.78 is 0. The monoisotopic (exact) mass is 195 g/mol. The van der Waals surface area contributed by atoms with Crippen molar-refractivity contribution in [3.63, 3.8) is 0 Å². The van der Waals surface area contributed by atoms with Crippen molar-refractivity contribution >= 4 is 11.7 Å². The number of ketones is 1. The van der Waals surface area contributed by atoms with E-state index in [1.807, 2.05) is 18.7 Å². The second kappa shape index (κ2) is 3.07. The summed E-state index contributed by atoms with van der Waals surface area (Å²) in [5.41, 5.74) is 0. The molecule has 0 aliphatic carbocycles. The number of amides is 1. The lowest BCUT2D eigenvalue weighted by Crippen LogP contribution is -2.54. The first-order valence-corrected chi connectivity index (χ1v) is 5.36. The third-order valence-corrected chi connectivity index (χ3v) is 3.89. The lowest BCUT2D eigenvalue weighted by atomic mass is 9.83. The van der Waals surface area contributed by atoms with E-state index in [0.717, 1.165) is 12.8 Å². The van der Waals surface area contributed by atoms with E-state index in [1.54, 1.807) is 6.92 Å². The molecular weight excluding hydrogens is 178 g/mol. The van der Waals surface area contributed by atoms with Gasteiger partial charge in [-0.25, -0.2) is 0 Å². The topological polar surface area (TPSA) is 37.4 Å². The molecule has 0 aromatic carbocycles. The molecule has 2 bridgehead atoms. The molecule has 0 aromatic heterocycles. The number of nitrogens with zero attached hydrogens (tertiary/aromatic N) is 1. The fourth-order valence-electron chi connectivity index (χ4n) is 3.11. The van der Waals surface area contributed by atoms with Gasteiger partial charge in [0.15, 0.2) is 0 Å². The minimum Gasteiger partial charge on any atom is -0.336 e. The van der Waals surface area contributed by atoms with E-state index in [2.05, 4.69) is 0 Å². The summed E-state index contributed by atoms with van der Waals surface area (Å²) in [5, 5.41) is 0. The van der Waals surface area contributed by atoms with Gasteiger partial charge >= 0.3 is 0 Å². The van der Waals surface area contributed by atoms with E-state index >= 15 is 0 Å². The molecule has 3 nitrogen and oxygen atoms in total. The van der Waals surface area contributed by atoms with Crippen LogP contribution in [0.2, 0.25) is 0 Å². The highest BCUT2D eigenvalue weighted by Gasteiger charge is 2.49. The van der Waals surface area contributed by atoms with Gasteiger partial charge in [-0.3, -0.25) is 9.59 Å². The molecule has 14 heavy (non-hydrogen) atoms. The van der Waals surface area contributed by atoms with Gasteiger partial charge in [-0.1, -0.05) is 13.8 Å². The quantitative estimate of drug-likeness (QED) is 0.583. The summed E-state index contributed by atoms with van der Waals surface area (Å²) >= 11 is 0. The van der Waals surface area contributed by atoms with E-state index in [9.17, 15) is 9.59 Å². The molecule has 0 N–H and O–H groups in total. The first kappa shape index (κ1) is 9.69. The summed E-state index contributed by atoms with van der Waals surface area (Å²) in [6.07, 6.45) is 2.00. The van der Waals surface area contributed by atoms with Crippen molar-refractivity contribution in [3.8, 4) is 0 Å². The third-order valence-electron chi connectivity index (χ3n) is 3.89. The Kier molecular flexibility index (Phi) is 2.13. The molecule has 2 aliphatic heterocycles. The minimum absolute atomic E-state index is 0.0349. The van der Waals surface area contributed by atoms with Crippen LogP contribution >= 0.6 is 0 Å². The predicted molar refractivity (Wildman–Crippen MR) is 52.7 cm³/mol. The van der Waals surface area contributed by atoms with Crippen LogP contribution in [0, 0.1) is 11.8 Å². The minimum atomic E-state index is 0.0349. The summed E-state index contributed by atoms with van der Waals surface area (Å²) in [6.45, 7) is 5.53. The van der Waals surface area contributed by atoms with Crippen LogP contribution in [0.4, 0.5) is 0 Å². The number of piperidine rings is 1. The second-order valence-electron chi connectivity index (χ2n) is 4.62. The van der Waals surface area contributed by atoms with Gasteiger partial charge in [0.05, 0.1) is 0 Å².